The molecule has 2 rings (SSSR count). The molecule has 6 heteroatoms. The lowest BCUT2D eigenvalue weighted by molar-refractivity contribution is 0.572. The van der Waals surface area contributed by atoms with Crippen molar-refractivity contribution in [3.8, 4) is 0 Å². The molecule has 0 bridgehead atoms. The van der Waals surface area contributed by atoms with Crippen LogP contribution in [0.2, 0.25) is 5.02 Å². The van der Waals surface area contributed by atoms with Crippen molar-refractivity contribution in [3.05, 3.63) is 41.4 Å². The first kappa shape index (κ1) is 15.3. The third-order valence-electron chi connectivity index (χ3n) is 3.01. The summed E-state index contributed by atoms with van der Waals surface area (Å²) in [4.78, 5) is 0.238. The Hall–Kier alpha value is -1.14. The summed E-state index contributed by atoms with van der Waals surface area (Å²) in [6.45, 7) is 2.16. The first-order chi connectivity index (χ1) is 9.42. The Morgan fingerprint density at radius 1 is 1.20 bits per heavy atom. The molecule has 4 nitrogen and oxygen atoms in total. The summed E-state index contributed by atoms with van der Waals surface area (Å²) >= 11 is 6.09. The van der Waals surface area contributed by atoms with Crippen LogP contribution in [0.1, 0.15) is 13.3 Å². The molecule has 108 valence electrons. The summed E-state index contributed by atoms with van der Waals surface area (Å²) in [5.74, 6) is 0. The molecule has 0 heterocycles. The minimum absolute atomic E-state index is 0.0420. The highest BCUT2D eigenvalue weighted by Crippen LogP contribution is 2.28. The van der Waals surface area contributed by atoms with Crippen LogP contribution in [0.4, 0.5) is 0 Å². The van der Waals surface area contributed by atoms with E-state index in [1.807, 2.05) is 13.0 Å². The number of hydrogen-bond donors (Lipinski definition) is 2. The topological polar surface area (TPSA) is 72.2 Å². The average Bonchev–Trinajstić information content (AvgIpc) is 2.38. The van der Waals surface area contributed by atoms with Crippen LogP contribution >= 0.6 is 11.6 Å². The van der Waals surface area contributed by atoms with Crippen LogP contribution in [0.3, 0.4) is 0 Å². The van der Waals surface area contributed by atoms with Crippen LogP contribution < -0.4 is 10.5 Å². The monoisotopic (exact) mass is 312 g/mol. The van der Waals surface area contributed by atoms with E-state index in [0.29, 0.717) is 23.4 Å². The molecular weight excluding hydrogens is 296 g/mol. The van der Waals surface area contributed by atoms with Gasteiger partial charge in [0.1, 0.15) is 0 Å². The SMILES string of the molecule is CC(N)CCNS(=O)(=O)c1ccc(Cl)c2ccccc12. The van der Waals surface area contributed by atoms with E-state index in [2.05, 4.69) is 4.72 Å². The molecule has 1 atom stereocenters. The fraction of sp³-hybridized carbons (Fsp3) is 0.286. The van der Waals surface area contributed by atoms with Gasteiger partial charge in [-0.2, -0.15) is 0 Å². The molecule has 2 aromatic carbocycles. The van der Waals surface area contributed by atoms with Gasteiger partial charge >= 0.3 is 0 Å². The number of halogens is 1. The number of sulfonamides is 1. The van der Waals surface area contributed by atoms with E-state index in [1.165, 1.54) is 6.07 Å². The minimum Gasteiger partial charge on any atom is -0.328 e. The molecule has 20 heavy (non-hydrogen) atoms. The summed E-state index contributed by atoms with van der Waals surface area (Å²) in [6, 6.07) is 10.3. The van der Waals surface area contributed by atoms with Gasteiger partial charge in [-0.3, -0.25) is 0 Å². The van der Waals surface area contributed by atoms with Gasteiger partial charge in [-0.05, 0) is 25.5 Å². The quantitative estimate of drug-likeness (QED) is 0.891. The van der Waals surface area contributed by atoms with Gasteiger partial charge in [-0.1, -0.05) is 35.9 Å². The molecule has 0 aliphatic heterocycles. The highest BCUT2D eigenvalue weighted by atomic mass is 35.5. The number of benzene rings is 2. The third-order valence-corrected chi connectivity index (χ3v) is 4.86. The second-order valence-corrected chi connectivity index (χ2v) is 6.90. The fourth-order valence-corrected chi connectivity index (χ4v) is 3.45. The average molecular weight is 313 g/mol. The van der Waals surface area contributed by atoms with Crippen molar-refractivity contribution in [2.75, 3.05) is 6.54 Å². The van der Waals surface area contributed by atoms with E-state index in [4.69, 9.17) is 17.3 Å². The number of hydrogen-bond acceptors (Lipinski definition) is 3. The van der Waals surface area contributed by atoms with Gasteiger partial charge in [0.25, 0.3) is 0 Å². The van der Waals surface area contributed by atoms with Crippen molar-refractivity contribution >= 4 is 32.4 Å². The lowest BCUT2D eigenvalue weighted by Crippen LogP contribution is -2.29. The Bertz CT molecular complexity index is 714. The van der Waals surface area contributed by atoms with Crippen LogP contribution in [-0.4, -0.2) is 21.0 Å². The zero-order chi connectivity index (χ0) is 14.8. The summed E-state index contributed by atoms with van der Waals surface area (Å²) < 4.78 is 27.3. The summed E-state index contributed by atoms with van der Waals surface area (Å²) in [6.07, 6.45) is 0.588. The number of rotatable bonds is 5. The molecule has 1 unspecified atom stereocenters. The van der Waals surface area contributed by atoms with Gasteiger partial charge in [0.2, 0.25) is 10.0 Å². The summed E-state index contributed by atoms with van der Waals surface area (Å²) in [5.41, 5.74) is 5.62. The second-order valence-electron chi connectivity index (χ2n) is 4.75. The number of nitrogens with two attached hydrogens (primary N) is 1. The van der Waals surface area contributed by atoms with Crippen molar-refractivity contribution in [1.29, 1.82) is 0 Å². The minimum atomic E-state index is -3.56. The zero-order valence-electron chi connectivity index (χ0n) is 11.1. The molecule has 0 saturated heterocycles. The van der Waals surface area contributed by atoms with Crippen molar-refractivity contribution in [1.82, 2.24) is 4.72 Å². The standard InChI is InChI=1S/C14H17ClN2O2S/c1-10(16)8-9-17-20(18,19)14-7-6-13(15)11-4-2-3-5-12(11)14/h2-7,10,17H,8-9,16H2,1H3. The molecule has 3 N–H and O–H groups in total. The molecule has 0 fully saturated rings. The molecule has 0 aliphatic rings. The van der Waals surface area contributed by atoms with E-state index in [1.54, 1.807) is 24.3 Å². The summed E-state index contributed by atoms with van der Waals surface area (Å²) in [5, 5.41) is 1.88. The maximum atomic E-state index is 12.3. The van der Waals surface area contributed by atoms with E-state index in [-0.39, 0.29) is 10.9 Å². The van der Waals surface area contributed by atoms with Crippen LogP contribution in [0.5, 0.6) is 0 Å². The molecule has 0 aromatic heterocycles. The Kier molecular flexibility index (Phi) is 4.65. The normalized spacial score (nSPS) is 13.6. The van der Waals surface area contributed by atoms with Gasteiger partial charge in [-0.25, -0.2) is 13.1 Å². The lowest BCUT2D eigenvalue weighted by atomic mass is 10.1. The van der Waals surface area contributed by atoms with Gasteiger partial charge in [0, 0.05) is 28.4 Å². The highest BCUT2D eigenvalue weighted by Gasteiger charge is 2.17. The Labute approximate surface area is 124 Å². The van der Waals surface area contributed by atoms with Crippen molar-refractivity contribution < 1.29 is 8.42 Å². The molecular formula is C14H17ClN2O2S. The van der Waals surface area contributed by atoms with Crippen LogP contribution in [0.25, 0.3) is 10.8 Å². The van der Waals surface area contributed by atoms with E-state index in [0.717, 1.165) is 5.39 Å². The number of nitrogens with one attached hydrogen (secondary N) is 1. The second kappa shape index (κ2) is 6.10. The predicted molar refractivity (Wildman–Crippen MR) is 82.4 cm³/mol. The van der Waals surface area contributed by atoms with Gasteiger partial charge in [0.15, 0.2) is 0 Å². The van der Waals surface area contributed by atoms with Crippen LogP contribution in [0, 0.1) is 0 Å². The Morgan fingerprint density at radius 2 is 1.85 bits per heavy atom. The molecule has 2 aromatic rings. The van der Waals surface area contributed by atoms with E-state index < -0.39 is 10.0 Å². The highest BCUT2D eigenvalue weighted by molar-refractivity contribution is 7.89. The van der Waals surface area contributed by atoms with Crippen molar-refractivity contribution in [2.45, 2.75) is 24.3 Å². The van der Waals surface area contributed by atoms with Gasteiger partial charge < -0.3 is 5.73 Å². The third kappa shape index (κ3) is 3.30. The fourth-order valence-electron chi connectivity index (χ4n) is 1.97. The zero-order valence-corrected chi connectivity index (χ0v) is 12.7. The molecule has 0 aliphatic carbocycles. The van der Waals surface area contributed by atoms with E-state index >= 15 is 0 Å². The van der Waals surface area contributed by atoms with Crippen LogP contribution in [0.15, 0.2) is 41.3 Å². The maximum Gasteiger partial charge on any atom is 0.241 e. The first-order valence-corrected chi connectivity index (χ1v) is 8.20. The maximum absolute atomic E-state index is 12.3. The number of fused-ring (bicyclic) bond motifs is 1. The lowest BCUT2D eigenvalue weighted by Gasteiger charge is -2.11. The van der Waals surface area contributed by atoms with Gasteiger partial charge in [-0.15, -0.1) is 0 Å². The Morgan fingerprint density at radius 3 is 2.50 bits per heavy atom. The van der Waals surface area contributed by atoms with Crippen LogP contribution in [-0.2, 0) is 10.0 Å². The van der Waals surface area contributed by atoms with Crippen molar-refractivity contribution in [2.24, 2.45) is 5.73 Å². The first-order valence-electron chi connectivity index (χ1n) is 6.34. The van der Waals surface area contributed by atoms with Gasteiger partial charge in [0.05, 0.1) is 4.90 Å². The predicted octanol–water partition coefficient (Wildman–Crippen LogP) is 2.51. The molecule has 0 saturated carbocycles. The smallest absolute Gasteiger partial charge is 0.241 e. The van der Waals surface area contributed by atoms with E-state index in [9.17, 15) is 8.42 Å². The Balaban J connectivity index is 2.40. The molecule has 0 amide bonds. The molecule has 0 spiro atoms. The largest absolute Gasteiger partial charge is 0.328 e. The summed E-state index contributed by atoms with van der Waals surface area (Å²) in [7, 11) is -3.56. The molecule has 0 radical (unpaired) electrons. The van der Waals surface area contributed by atoms with Crippen molar-refractivity contribution in [3.63, 3.8) is 0 Å².